The fourth-order valence-corrected chi connectivity index (χ4v) is 1.60. The first-order valence-corrected chi connectivity index (χ1v) is 5.50. The lowest BCUT2D eigenvalue weighted by Gasteiger charge is -2.25. The summed E-state index contributed by atoms with van der Waals surface area (Å²) in [5.74, 6) is 0.707. The van der Waals surface area contributed by atoms with Gasteiger partial charge in [-0.15, -0.1) is 0 Å². The molecule has 0 saturated heterocycles. The van der Waals surface area contributed by atoms with E-state index < -0.39 is 0 Å². The maximum atomic E-state index is 10.9. The monoisotopic (exact) mass is 224 g/mol. The highest BCUT2D eigenvalue weighted by Crippen LogP contribution is 2.00. The number of imidazole rings is 1. The predicted octanol–water partition coefficient (Wildman–Crippen LogP) is 0.387. The number of primary amides is 1. The minimum Gasteiger partial charge on any atom is -0.369 e. The van der Waals surface area contributed by atoms with Gasteiger partial charge in [0.2, 0.25) is 5.91 Å². The van der Waals surface area contributed by atoms with E-state index in [1.165, 1.54) is 0 Å². The van der Waals surface area contributed by atoms with Crippen LogP contribution in [0.3, 0.4) is 0 Å². The van der Waals surface area contributed by atoms with Gasteiger partial charge in [0.1, 0.15) is 5.82 Å². The van der Waals surface area contributed by atoms with Crippen molar-refractivity contribution in [3.05, 3.63) is 18.2 Å². The first-order chi connectivity index (χ1) is 7.50. The Hall–Kier alpha value is -1.36. The van der Waals surface area contributed by atoms with Crippen LogP contribution < -0.4 is 5.73 Å². The molecule has 0 atom stereocenters. The summed E-state index contributed by atoms with van der Waals surface area (Å²) >= 11 is 0. The Morgan fingerprint density at radius 2 is 2.31 bits per heavy atom. The van der Waals surface area contributed by atoms with Gasteiger partial charge in [0.15, 0.2) is 0 Å². The molecule has 1 aromatic heterocycles. The molecular formula is C11H20N4O. The van der Waals surface area contributed by atoms with Crippen molar-refractivity contribution in [3.63, 3.8) is 0 Å². The number of hydrogen-bond donors (Lipinski definition) is 1. The molecule has 16 heavy (non-hydrogen) atoms. The maximum absolute atomic E-state index is 10.9. The topological polar surface area (TPSA) is 64.2 Å². The molecule has 1 heterocycles. The zero-order valence-electron chi connectivity index (χ0n) is 10.2. The third kappa shape index (κ3) is 3.66. The van der Waals surface area contributed by atoms with Crippen LogP contribution in [0.25, 0.3) is 0 Å². The molecule has 1 aromatic rings. The number of amides is 1. The number of aromatic nitrogens is 2. The molecule has 2 N–H and O–H groups in total. The first kappa shape index (κ1) is 12.7. The maximum Gasteiger partial charge on any atom is 0.231 e. The van der Waals surface area contributed by atoms with Gasteiger partial charge in [-0.25, -0.2) is 4.98 Å². The Kier molecular flexibility index (Phi) is 4.49. The molecule has 0 fully saturated rings. The summed E-state index contributed by atoms with van der Waals surface area (Å²) in [6, 6.07) is 0.316. The smallest absolute Gasteiger partial charge is 0.231 e. The summed E-state index contributed by atoms with van der Waals surface area (Å²) in [6.07, 6.45) is 3.72. The van der Waals surface area contributed by atoms with Gasteiger partial charge in [-0.1, -0.05) is 0 Å². The van der Waals surface area contributed by atoms with Crippen LogP contribution >= 0.6 is 0 Å². The summed E-state index contributed by atoms with van der Waals surface area (Å²) < 4.78 is 2.07. The lowest BCUT2D eigenvalue weighted by atomic mass is 10.3. The van der Waals surface area contributed by atoms with Gasteiger partial charge in [-0.3, -0.25) is 9.69 Å². The molecule has 1 rings (SSSR count). The van der Waals surface area contributed by atoms with Gasteiger partial charge in [0.05, 0.1) is 6.54 Å². The van der Waals surface area contributed by atoms with E-state index in [9.17, 15) is 4.79 Å². The van der Waals surface area contributed by atoms with E-state index in [0.717, 1.165) is 18.9 Å². The summed E-state index contributed by atoms with van der Waals surface area (Å²) in [4.78, 5) is 17.1. The Morgan fingerprint density at radius 3 is 2.75 bits per heavy atom. The van der Waals surface area contributed by atoms with E-state index in [1.54, 1.807) is 6.20 Å². The largest absolute Gasteiger partial charge is 0.369 e. The molecule has 90 valence electrons. The van der Waals surface area contributed by atoms with E-state index in [1.807, 2.05) is 13.1 Å². The second-order valence-corrected chi connectivity index (χ2v) is 4.20. The van der Waals surface area contributed by atoms with Crippen molar-refractivity contribution in [2.24, 2.45) is 5.73 Å². The SMILES string of the molecule is Cc1nccn1CCN(CC(N)=O)C(C)C. The van der Waals surface area contributed by atoms with Crippen LogP contribution in [0.5, 0.6) is 0 Å². The molecule has 0 spiro atoms. The van der Waals surface area contributed by atoms with Crippen LogP contribution in [0.1, 0.15) is 19.7 Å². The Balaban J connectivity index is 2.50. The normalized spacial score (nSPS) is 11.3. The number of nitrogens with two attached hydrogens (primary N) is 1. The van der Waals surface area contributed by atoms with Crippen LogP contribution in [0.15, 0.2) is 12.4 Å². The van der Waals surface area contributed by atoms with E-state index in [-0.39, 0.29) is 5.91 Å². The summed E-state index contributed by atoms with van der Waals surface area (Å²) in [7, 11) is 0. The lowest BCUT2D eigenvalue weighted by Crippen LogP contribution is -2.40. The van der Waals surface area contributed by atoms with E-state index in [4.69, 9.17) is 5.73 Å². The third-order valence-corrected chi connectivity index (χ3v) is 2.64. The second kappa shape index (κ2) is 5.65. The zero-order chi connectivity index (χ0) is 12.1. The number of carbonyl (C=O) groups excluding carboxylic acids is 1. The van der Waals surface area contributed by atoms with Gasteiger partial charge in [-0.05, 0) is 20.8 Å². The molecule has 5 nitrogen and oxygen atoms in total. The third-order valence-electron chi connectivity index (χ3n) is 2.64. The number of aryl methyl sites for hydroxylation is 1. The van der Waals surface area contributed by atoms with Gasteiger partial charge < -0.3 is 10.3 Å². The van der Waals surface area contributed by atoms with Crippen molar-refractivity contribution in [1.82, 2.24) is 14.5 Å². The number of rotatable bonds is 6. The quantitative estimate of drug-likeness (QED) is 0.760. The summed E-state index contributed by atoms with van der Waals surface area (Å²) in [6.45, 7) is 8.03. The number of carbonyl (C=O) groups is 1. The van der Waals surface area contributed by atoms with E-state index in [0.29, 0.717) is 12.6 Å². The molecule has 5 heteroatoms. The van der Waals surface area contributed by atoms with Gasteiger partial charge >= 0.3 is 0 Å². The van der Waals surface area contributed by atoms with Crippen molar-refractivity contribution in [1.29, 1.82) is 0 Å². The highest BCUT2D eigenvalue weighted by molar-refractivity contribution is 5.75. The van der Waals surface area contributed by atoms with Crippen LogP contribution in [-0.4, -0.2) is 39.5 Å². The molecule has 0 radical (unpaired) electrons. The number of nitrogens with zero attached hydrogens (tertiary/aromatic N) is 3. The van der Waals surface area contributed by atoms with Crippen LogP contribution in [0, 0.1) is 6.92 Å². The van der Waals surface area contributed by atoms with Crippen molar-refractivity contribution in [2.45, 2.75) is 33.4 Å². The standard InChI is InChI=1S/C11H20N4O/c1-9(2)15(8-11(12)16)7-6-14-5-4-13-10(14)3/h4-5,9H,6-8H2,1-3H3,(H2,12,16). The molecule has 0 saturated carbocycles. The molecule has 0 unspecified atom stereocenters. The molecule has 0 aliphatic heterocycles. The van der Waals surface area contributed by atoms with Crippen LogP contribution in [-0.2, 0) is 11.3 Å². The highest BCUT2D eigenvalue weighted by atomic mass is 16.1. The first-order valence-electron chi connectivity index (χ1n) is 5.50. The average Bonchev–Trinajstić information content (AvgIpc) is 2.57. The van der Waals surface area contributed by atoms with Gasteiger partial charge in [-0.2, -0.15) is 0 Å². The molecule has 1 amide bonds. The van der Waals surface area contributed by atoms with E-state index in [2.05, 4.69) is 28.3 Å². The Labute approximate surface area is 96.3 Å². The molecule has 0 aliphatic carbocycles. The van der Waals surface area contributed by atoms with Crippen LogP contribution in [0.2, 0.25) is 0 Å². The highest BCUT2D eigenvalue weighted by Gasteiger charge is 2.12. The van der Waals surface area contributed by atoms with Gasteiger partial charge in [0, 0.05) is 31.5 Å². The fourth-order valence-electron chi connectivity index (χ4n) is 1.60. The molecular weight excluding hydrogens is 204 g/mol. The van der Waals surface area contributed by atoms with Gasteiger partial charge in [0.25, 0.3) is 0 Å². The lowest BCUT2D eigenvalue weighted by molar-refractivity contribution is -0.119. The van der Waals surface area contributed by atoms with Crippen molar-refractivity contribution in [2.75, 3.05) is 13.1 Å². The molecule has 0 aromatic carbocycles. The summed E-state index contributed by atoms with van der Waals surface area (Å²) in [5, 5.41) is 0. The Morgan fingerprint density at radius 1 is 1.62 bits per heavy atom. The predicted molar refractivity (Wildman–Crippen MR) is 62.9 cm³/mol. The average molecular weight is 224 g/mol. The van der Waals surface area contributed by atoms with E-state index >= 15 is 0 Å². The minimum absolute atomic E-state index is 0.281. The second-order valence-electron chi connectivity index (χ2n) is 4.20. The molecule has 0 aliphatic rings. The Bertz CT molecular complexity index is 346. The summed E-state index contributed by atoms with van der Waals surface area (Å²) in [5.41, 5.74) is 5.21. The molecule has 0 bridgehead atoms. The van der Waals surface area contributed by atoms with Crippen molar-refractivity contribution >= 4 is 5.91 Å². The minimum atomic E-state index is -0.281. The fraction of sp³-hybridized carbons (Fsp3) is 0.636. The number of hydrogen-bond acceptors (Lipinski definition) is 3. The van der Waals surface area contributed by atoms with Crippen LogP contribution in [0.4, 0.5) is 0 Å². The zero-order valence-corrected chi connectivity index (χ0v) is 10.2. The van der Waals surface area contributed by atoms with Crippen molar-refractivity contribution < 1.29 is 4.79 Å². The van der Waals surface area contributed by atoms with Crippen molar-refractivity contribution in [3.8, 4) is 0 Å².